The molecule has 6 heteroatoms. The molecule has 1 saturated carbocycles. The molecule has 1 heterocycles. The van der Waals surface area contributed by atoms with E-state index in [4.69, 9.17) is 5.73 Å². The van der Waals surface area contributed by atoms with Crippen LogP contribution in [-0.4, -0.2) is 14.5 Å². The second kappa shape index (κ2) is 5.28. The summed E-state index contributed by atoms with van der Waals surface area (Å²) in [5, 5.41) is 1.85. The molecule has 1 aromatic rings. The molecule has 0 aliphatic heterocycles. The van der Waals surface area contributed by atoms with E-state index < -0.39 is 10.0 Å². The van der Waals surface area contributed by atoms with Crippen molar-refractivity contribution < 1.29 is 8.42 Å². The van der Waals surface area contributed by atoms with Crippen molar-refractivity contribution in [2.24, 2.45) is 11.7 Å². The highest BCUT2D eigenvalue weighted by atomic mass is 32.2. The van der Waals surface area contributed by atoms with E-state index in [1.54, 1.807) is 0 Å². The van der Waals surface area contributed by atoms with E-state index in [1.807, 2.05) is 12.3 Å². The fraction of sp³-hybridized carbons (Fsp3) is 0.667. The van der Waals surface area contributed by atoms with Crippen LogP contribution in [0.2, 0.25) is 0 Å². The summed E-state index contributed by atoms with van der Waals surface area (Å²) in [6.45, 7) is 4.22. The lowest BCUT2D eigenvalue weighted by Gasteiger charge is -2.08. The number of sulfonamides is 1. The monoisotopic (exact) mass is 288 g/mol. The van der Waals surface area contributed by atoms with Gasteiger partial charge >= 0.3 is 0 Å². The topological polar surface area (TPSA) is 72.2 Å². The van der Waals surface area contributed by atoms with Gasteiger partial charge in [-0.25, -0.2) is 13.1 Å². The molecule has 0 bridgehead atoms. The Balaban J connectivity index is 2.14. The fourth-order valence-electron chi connectivity index (χ4n) is 2.33. The number of nitrogens with one attached hydrogen (secondary N) is 1. The minimum Gasteiger partial charge on any atom is -0.326 e. The highest BCUT2D eigenvalue weighted by molar-refractivity contribution is 7.89. The smallest absolute Gasteiger partial charge is 0.242 e. The van der Waals surface area contributed by atoms with Crippen molar-refractivity contribution >= 4 is 21.4 Å². The molecular weight excluding hydrogens is 268 g/mol. The van der Waals surface area contributed by atoms with E-state index in [-0.39, 0.29) is 12.6 Å². The maximum absolute atomic E-state index is 12.3. The van der Waals surface area contributed by atoms with Gasteiger partial charge in [-0.1, -0.05) is 13.3 Å². The predicted molar refractivity (Wildman–Crippen MR) is 74.1 cm³/mol. The number of hydrogen-bond donors (Lipinski definition) is 2. The Morgan fingerprint density at radius 2 is 2.28 bits per heavy atom. The molecule has 2 unspecified atom stereocenters. The summed E-state index contributed by atoms with van der Waals surface area (Å²) in [4.78, 5) is 1.14. The molecule has 1 fully saturated rings. The number of thiophene rings is 1. The van der Waals surface area contributed by atoms with Crippen LogP contribution in [0.4, 0.5) is 0 Å². The predicted octanol–water partition coefficient (Wildman–Crippen LogP) is 1.98. The molecule has 0 spiro atoms. The first kappa shape index (κ1) is 14.0. The van der Waals surface area contributed by atoms with Crippen LogP contribution in [0.15, 0.2) is 10.3 Å². The van der Waals surface area contributed by atoms with Crippen LogP contribution in [0.3, 0.4) is 0 Å². The van der Waals surface area contributed by atoms with E-state index >= 15 is 0 Å². The Hall–Kier alpha value is -0.430. The third-order valence-corrected chi connectivity index (χ3v) is 6.31. The summed E-state index contributed by atoms with van der Waals surface area (Å²) >= 11 is 1.42. The first-order chi connectivity index (χ1) is 8.49. The van der Waals surface area contributed by atoms with Crippen LogP contribution in [0.25, 0.3) is 0 Å². The third kappa shape index (κ3) is 2.77. The van der Waals surface area contributed by atoms with Gasteiger partial charge in [-0.15, -0.1) is 11.3 Å². The first-order valence-corrected chi connectivity index (χ1v) is 8.65. The van der Waals surface area contributed by atoms with Crippen molar-refractivity contribution in [3.8, 4) is 0 Å². The Labute approximate surface area is 113 Å². The standard InChI is InChI=1S/C12H20N2O2S2/c1-3-4-9-5-10(9)14-18(15,16)12-8(2)7-17-11(12)6-13/h7,9-10,14H,3-6,13H2,1-2H3. The van der Waals surface area contributed by atoms with Crippen molar-refractivity contribution in [1.82, 2.24) is 4.72 Å². The van der Waals surface area contributed by atoms with Crippen LogP contribution in [0.5, 0.6) is 0 Å². The SMILES string of the molecule is CCCC1CC1NS(=O)(=O)c1c(C)csc1CN. The van der Waals surface area contributed by atoms with Gasteiger partial charge in [0, 0.05) is 17.5 Å². The van der Waals surface area contributed by atoms with Gasteiger partial charge in [0.1, 0.15) is 4.90 Å². The molecule has 0 saturated heterocycles. The average molecular weight is 288 g/mol. The molecule has 102 valence electrons. The van der Waals surface area contributed by atoms with Crippen molar-refractivity contribution in [2.75, 3.05) is 0 Å². The van der Waals surface area contributed by atoms with Gasteiger partial charge < -0.3 is 5.73 Å². The fourth-order valence-corrected chi connectivity index (χ4v) is 5.35. The van der Waals surface area contributed by atoms with E-state index in [9.17, 15) is 8.42 Å². The van der Waals surface area contributed by atoms with E-state index in [0.29, 0.717) is 10.8 Å². The summed E-state index contributed by atoms with van der Waals surface area (Å²) in [5.74, 6) is 0.519. The molecule has 1 aromatic heterocycles. The largest absolute Gasteiger partial charge is 0.326 e. The van der Waals surface area contributed by atoms with Gasteiger partial charge in [0.05, 0.1) is 0 Å². The van der Waals surface area contributed by atoms with Crippen molar-refractivity contribution in [2.45, 2.75) is 50.6 Å². The van der Waals surface area contributed by atoms with Gasteiger partial charge in [0.2, 0.25) is 10.0 Å². The van der Waals surface area contributed by atoms with Crippen LogP contribution < -0.4 is 10.5 Å². The molecule has 18 heavy (non-hydrogen) atoms. The summed E-state index contributed by atoms with van der Waals surface area (Å²) in [6.07, 6.45) is 3.17. The average Bonchev–Trinajstić information content (AvgIpc) is 2.88. The highest BCUT2D eigenvalue weighted by Crippen LogP contribution is 2.36. The Kier molecular flexibility index (Phi) is 4.11. The lowest BCUT2D eigenvalue weighted by Crippen LogP contribution is -2.28. The molecular formula is C12H20N2O2S2. The molecule has 2 rings (SSSR count). The van der Waals surface area contributed by atoms with Crippen molar-refractivity contribution in [1.29, 1.82) is 0 Å². The number of rotatable bonds is 6. The van der Waals surface area contributed by atoms with Gasteiger partial charge in [-0.2, -0.15) is 0 Å². The molecule has 0 radical (unpaired) electrons. The molecule has 2 atom stereocenters. The number of hydrogen-bond acceptors (Lipinski definition) is 4. The van der Waals surface area contributed by atoms with E-state index in [0.717, 1.165) is 29.7 Å². The molecule has 4 nitrogen and oxygen atoms in total. The highest BCUT2D eigenvalue weighted by Gasteiger charge is 2.40. The summed E-state index contributed by atoms with van der Waals surface area (Å²) < 4.78 is 27.5. The quantitative estimate of drug-likeness (QED) is 0.840. The lowest BCUT2D eigenvalue weighted by atomic mass is 10.2. The van der Waals surface area contributed by atoms with Crippen LogP contribution in [-0.2, 0) is 16.6 Å². The number of nitrogens with two attached hydrogens (primary N) is 1. The normalized spacial score (nSPS) is 23.3. The van der Waals surface area contributed by atoms with Crippen molar-refractivity contribution in [3.05, 3.63) is 15.8 Å². The minimum atomic E-state index is -3.40. The summed E-state index contributed by atoms with van der Waals surface area (Å²) in [7, 11) is -3.40. The molecule has 0 amide bonds. The Bertz CT molecular complexity index is 522. The van der Waals surface area contributed by atoms with Crippen LogP contribution >= 0.6 is 11.3 Å². The second-order valence-corrected chi connectivity index (χ2v) is 7.50. The zero-order chi connectivity index (χ0) is 13.3. The third-order valence-electron chi connectivity index (χ3n) is 3.33. The Morgan fingerprint density at radius 3 is 2.89 bits per heavy atom. The van der Waals surface area contributed by atoms with Gasteiger partial charge in [-0.3, -0.25) is 0 Å². The molecule has 1 aliphatic carbocycles. The lowest BCUT2D eigenvalue weighted by molar-refractivity contribution is 0.572. The molecule has 1 aliphatic rings. The Morgan fingerprint density at radius 1 is 1.56 bits per heavy atom. The van der Waals surface area contributed by atoms with Gasteiger partial charge in [-0.05, 0) is 36.6 Å². The van der Waals surface area contributed by atoms with E-state index in [1.165, 1.54) is 11.3 Å². The minimum absolute atomic E-state index is 0.125. The summed E-state index contributed by atoms with van der Waals surface area (Å²) in [6, 6.07) is 0.125. The molecule has 3 N–H and O–H groups in total. The summed E-state index contributed by atoms with van der Waals surface area (Å²) in [5.41, 5.74) is 6.39. The maximum atomic E-state index is 12.3. The maximum Gasteiger partial charge on any atom is 0.242 e. The number of aryl methyl sites for hydroxylation is 1. The zero-order valence-electron chi connectivity index (χ0n) is 10.8. The van der Waals surface area contributed by atoms with Crippen molar-refractivity contribution in [3.63, 3.8) is 0 Å². The van der Waals surface area contributed by atoms with Crippen LogP contribution in [0, 0.1) is 12.8 Å². The molecule has 0 aromatic carbocycles. The van der Waals surface area contributed by atoms with Crippen LogP contribution in [0.1, 0.15) is 36.6 Å². The zero-order valence-corrected chi connectivity index (χ0v) is 12.4. The van der Waals surface area contributed by atoms with Gasteiger partial charge in [0.15, 0.2) is 0 Å². The first-order valence-electron chi connectivity index (χ1n) is 6.29. The van der Waals surface area contributed by atoms with Gasteiger partial charge in [0.25, 0.3) is 0 Å². The second-order valence-electron chi connectivity index (χ2n) is 4.89. The van der Waals surface area contributed by atoms with E-state index in [2.05, 4.69) is 11.6 Å².